The zero-order valence-corrected chi connectivity index (χ0v) is 10.7. The summed E-state index contributed by atoms with van der Waals surface area (Å²) in [6.45, 7) is 2.91. The highest BCUT2D eigenvalue weighted by Gasteiger charge is 2.09. The van der Waals surface area contributed by atoms with Crippen LogP contribution in [0.25, 0.3) is 0 Å². The lowest BCUT2D eigenvalue weighted by molar-refractivity contribution is 0.592. The maximum Gasteiger partial charge on any atom is 0.100 e. The Kier molecular flexibility index (Phi) is 3.96. The number of halogens is 1. The molecule has 0 aliphatic rings. The van der Waals surface area contributed by atoms with Crippen molar-refractivity contribution in [2.75, 3.05) is 0 Å². The molecule has 5 heteroatoms. The number of thiophene rings is 1. The Labute approximate surface area is 104 Å². The van der Waals surface area contributed by atoms with Crippen LogP contribution < -0.4 is 0 Å². The highest BCUT2D eigenvalue weighted by Crippen LogP contribution is 2.20. The van der Waals surface area contributed by atoms with Gasteiger partial charge in [0.15, 0.2) is 0 Å². The first kappa shape index (κ1) is 11.6. The lowest BCUT2D eigenvalue weighted by atomic mass is 10.3. The van der Waals surface area contributed by atoms with Gasteiger partial charge in [-0.3, -0.25) is 4.68 Å². The number of rotatable bonds is 5. The molecular weight excluding hydrogens is 242 g/mol. The number of hydrogen-bond donors (Lipinski definition) is 0. The molecule has 0 radical (unpaired) electrons. The van der Waals surface area contributed by atoms with E-state index in [0.717, 1.165) is 25.1 Å². The molecule has 0 aromatic carbocycles. The summed E-state index contributed by atoms with van der Waals surface area (Å²) in [6, 6.07) is 4.21. The molecule has 0 aliphatic carbocycles. The van der Waals surface area contributed by atoms with Crippen molar-refractivity contribution in [2.45, 2.75) is 31.7 Å². The van der Waals surface area contributed by atoms with E-state index in [4.69, 9.17) is 11.6 Å². The van der Waals surface area contributed by atoms with E-state index < -0.39 is 0 Å². The summed E-state index contributed by atoms with van der Waals surface area (Å²) < 4.78 is 1.86. The Balaban J connectivity index is 1.93. The van der Waals surface area contributed by atoms with Crippen molar-refractivity contribution in [3.8, 4) is 0 Å². The first-order valence-corrected chi connectivity index (χ1v) is 6.67. The standard InChI is InChI=1S/C11H14ClN3S/c1-2-10(12)11-8-15(14-13-11)6-5-9-4-3-7-16-9/h3-4,7-8,10H,2,5-6H2,1H3. The zero-order chi connectivity index (χ0) is 11.4. The van der Waals surface area contributed by atoms with Gasteiger partial charge in [-0.05, 0) is 17.9 Å². The molecule has 3 nitrogen and oxygen atoms in total. The van der Waals surface area contributed by atoms with E-state index in [1.165, 1.54) is 4.88 Å². The normalized spacial score (nSPS) is 12.9. The average Bonchev–Trinajstić information content (AvgIpc) is 2.96. The third-order valence-corrected chi connectivity index (χ3v) is 3.87. The lowest BCUT2D eigenvalue weighted by Crippen LogP contribution is -2.00. The number of aryl methyl sites for hydroxylation is 2. The molecular formula is C11H14ClN3S. The predicted octanol–water partition coefficient (Wildman–Crippen LogP) is 3.27. The van der Waals surface area contributed by atoms with Gasteiger partial charge < -0.3 is 0 Å². The summed E-state index contributed by atoms with van der Waals surface area (Å²) in [7, 11) is 0. The van der Waals surface area contributed by atoms with E-state index in [9.17, 15) is 0 Å². The first-order chi connectivity index (χ1) is 7.79. The fraction of sp³-hybridized carbons (Fsp3) is 0.455. The van der Waals surface area contributed by atoms with Gasteiger partial charge >= 0.3 is 0 Å². The van der Waals surface area contributed by atoms with Gasteiger partial charge in [-0.1, -0.05) is 18.2 Å². The summed E-state index contributed by atoms with van der Waals surface area (Å²) in [5.74, 6) is 0. The van der Waals surface area contributed by atoms with E-state index in [0.29, 0.717) is 0 Å². The molecule has 0 aliphatic heterocycles. The van der Waals surface area contributed by atoms with Gasteiger partial charge in [-0.15, -0.1) is 28.0 Å². The van der Waals surface area contributed by atoms with Crippen LogP contribution in [0, 0.1) is 0 Å². The Morgan fingerprint density at radius 1 is 1.56 bits per heavy atom. The molecule has 0 N–H and O–H groups in total. The molecule has 1 atom stereocenters. The SMILES string of the molecule is CCC(Cl)c1cn(CCc2cccs2)nn1. The van der Waals surface area contributed by atoms with Gasteiger partial charge in [0, 0.05) is 24.0 Å². The monoisotopic (exact) mass is 255 g/mol. The average molecular weight is 256 g/mol. The van der Waals surface area contributed by atoms with Crippen LogP contribution in [0.5, 0.6) is 0 Å². The molecule has 2 aromatic heterocycles. The van der Waals surface area contributed by atoms with Crippen molar-refractivity contribution >= 4 is 22.9 Å². The van der Waals surface area contributed by atoms with Crippen LogP contribution in [0.4, 0.5) is 0 Å². The summed E-state index contributed by atoms with van der Waals surface area (Å²) in [4.78, 5) is 1.37. The quantitative estimate of drug-likeness (QED) is 0.768. The fourth-order valence-electron chi connectivity index (χ4n) is 1.45. The second-order valence-corrected chi connectivity index (χ2v) is 5.17. The fourth-order valence-corrected chi connectivity index (χ4v) is 2.25. The molecule has 0 spiro atoms. The first-order valence-electron chi connectivity index (χ1n) is 5.36. The van der Waals surface area contributed by atoms with Crippen LogP contribution in [0.1, 0.15) is 29.3 Å². The Morgan fingerprint density at radius 3 is 3.12 bits per heavy atom. The minimum Gasteiger partial charge on any atom is -0.252 e. The number of nitrogens with zero attached hydrogens (tertiary/aromatic N) is 3. The second-order valence-electron chi connectivity index (χ2n) is 3.61. The maximum atomic E-state index is 6.09. The Bertz CT molecular complexity index is 424. The molecule has 0 saturated heterocycles. The van der Waals surface area contributed by atoms with E-state index in [-0.39, 0.29) is 5.38 Å². The smallest absolute Gasteiger partial charge is 0.100 e. The summed E-state index contributed by atoms with van der Waals surface area (Å²) in [5.41, 5.74) is 0.871. The third kappa shape index (κ3) is 2.83. The van der Waals surface area contributed by atoms with Crippen LogP contribution in [0.15, 0.2) is 23.7 Å². The third-order valence-electron chi connectivity index (χ3n) is 2.40. The zero-order valence-electron chi connectivity index (χ0n) is 9.14. The molecule has 16 heavy (non-hydrogen) atoms. The van der Waals surface area contributed by atoms with Gasteiger partial charge in [0.1, 0.15) is 5.69 Å². The van der Waals surface area contributed by atoms with Crippen LogP contribution in [0.2, 0.25) is 0 Å². The summed E-state index contributed by atoms with van der Waals surface area (Å²) in [5, 5.41) is 10.2. The largest absolute Gasteiger partial charge is 0.252 e. The Morgan fingerprint density at radius 2 is 2.44 bits per heavy atom. The van der Waals surface area contributed by atoms with Gasteiger partial charge in [-0.25, -0.2) is 0 Å². The molecule has 0 fully saturated rings. The molecule has 2 rings (SSSR count). The number of alkyl halides is 1. The van der Waals surface area contributed by atoms with Gasteiger partial charge in [0.25, 0.3) is 0 Å². The Hall–Kier alpha value is -0.870. The minimum absolute atomic E-state index is 0.0181. The van der Waals surface area contributed by atoms with Crippen molar-refractivity contribution in [2.24, 2.45) is 0 Å². The summed E-state index contributed by atoms with van der Waals surface area (Å²) >= 11 is 7.86. The van der Waals surface area contributed by atoms with Crippen molar-refractivity contribution in [3.63, 3.8) is 0 Å². The van der Waals surface area contributed by atoms with Gasteiger partial charge in [0.2, 0.25) is 0 Å². The molecule has 1 unspecified atom stereocenters. The highest BCUT2D eigenvalue weighted by atomic mass is 35.5. The highest BCUT2D eigenvalue weighted by molar-refractivity contribution is 7.09. The predicted molar refractivity (Wildman–Crippen MR) is 66.9 cm³/mol. The van der Waals surface area contributed by atoms with Crippen LogP contribution in [-0.4, -0.2) is 15.0 Å². The van der Waals surface area contributed by atoms with Gasteiger partial charge in [-0.2, -0.15) is 0 Å². The maximum absolute atomic E-state index is 6.09. The van der Waals surface area contributed by atoms with E-state index in [2.05, 4.69) is 27.8 Å². The number of aromatic nitrogens is 3. The van der Waals surface area contributed by atoms with Crippen molar-refractivity contribution in [1.82, 2.24) is 15.0 Å². The molecule has 2 aromatic rings. The van der Waals surface area contributed by atoms with Crippen LogP contribution >= 0.6 is 22.9 Å². The molecule has 0 bridgehead atoms. The topological polar surface area (TPSA) is 30.7 Å². The minimum atomic E-state index is -0.0181. The summed E-state index contributed by atoms with van der Waals surface area (Å²) in [6.07, 6.45) is 3.82. The molecule has 0 saturated carbocycles. The van der Waals surface area contributed by atoms with Gasteiger partial charge in [0.05, 0.1) is 5.38 Å². The number of hydrogen-bond acceptors (Lipinski definition) is 3. The second kappa shape index (κ2) is 5.46. The van der Waals surface area contributed by atoms with Crippen LogP contribution in [-0.2, 0) is 13.0 Å². The lowest BCUT2D eigenvalue weighted by Gasteiger charge is -1.99. The van der Waals surface area contributed by atoms with Crippen molar-refractivity contribution in [3.05, 3.63) is 34.3 Å². The van der Waals surface area contributed by atoms with E-state index in [1.54, 1.807) is 11.3 Å². The van der Waals surface area contributed by atoms with Crippen molar-refractivity contribution in [1.29, 1.82) is 0 Å². The van der Waals surface area contributed by atoms with E-state index >= 15 is 0 Å². The van der Waals surface area contributed by atoms with E-state index in [1.807, 2.05) is 17.8 Å². The molecule has 2 heterocycles. The molecule has 0 amide bonds. The van der Waals surface area contributed by atoms with Crippen LogP contribution in [0.3, 0.4) is 0 Å². The molecule has 86 valence electrons. The van der Waals surface area contributed by atoms with Crippen molar-refractivity contribution < 1.29 is 0 Å².